The molecule has 114 valence electrons. The zero-order chi connectivity index (χ0) is 15.2. The molecular weight excluding hydrogens is 268 g/mol. The van der Waals surface area contributed by atoms with Gasteiger partial charge in [0.25, 0.3) is 5.91 Å². The van der Waals surface area contributed by atoms with Crippen LogP contribution in [0, 0.1) is 0 Å². The molecule has 1 aliphatic heterocycles. The molecule has 0 saturated carbocycles. The van der Waals surface area contributed by atoms with Gasteiger partial charge in [0.1, 0.15) is 6.61 Å². The fourth-order valence-corrected chi connectivity index (χ4v) is 2.25. The molecule has 0 radical (unpaired) electrons. The van der Waals surface area contributed by atoms with E-state index in [-0.39, 0.29) is 24.5 Å². The lowest BCUT2D eigenvalue weighted by Crippen LogP contribution is -2.51. The molecule has 5 heteroatoms. The van der Waals surface area contributed by atoms with E-state index in [2.05, 4.69) is 0 Å². The van der Waals surface area contributed by atoms with Crippen LogP contribution in [0.25, 0.3) is 0 Å². The zero-order valence-corrected chi connectivity index (χ0v) is 12.6. The van der Waals surface area contributed by atoms with Gasteiger partial charge in [-0.1, -0.05) is 18.2 Å². The Morgan fingerprint density at radius 3 is 2.19 bits per heavy atom. The molecule has 0 spiro atoms. The van der Waals surface area contributed by atoms with Crippen molar-refractivity contribution in [3.63, 3.8) is 0 Å². The molecule has 21 heavy (non-hydrogen) atoms. The second-order valence-electron chi connectivity index (χ2n) is 5.40. The Kier molecular flexibility index (Phi) is 5.33. The largest absolute Gasteiger partial charge is 0.369 e. The first-order valence-corrected chi connectivity index (χ1v) is 7.31. The van der Waals surface area contributed by atoms with Crippen LogP contribution in [0.3, 0.4) is 0 Å². The van der Waals surface area contributed by atoms with E-state index in [1.54, 1.807) is 9.80 Å². The average Bonchev–Trinajstić information content (AvgIpc) is 2.53. The van der Waals surface area contributed by atoms with E-state index < -0.39 is 0 Å². The molecule has 2 amide bonds. The molecule has 1 saturated heterocycles. The SMILES string of the molecule is CC(C)OCC(=O)N1CCN(C(=O)c2ccccc2)CC1. The highest BCUT2D eigenvalue weighted by Gasteiger charge is 2.24. The lowest BCUT2D eigenvalue weighted by Gasteiger charge is -2.34. The maximum Gasteiger partial charge on any atom is 0.253 e. The van der Waals surface area contributed by atoms with Crippen molar-refractivity contribution in [1.29, 1.82) is 0 Å². The van der Waals surface area contributed by atoms with Crippen LogP contribution in [-0.2, 0) is 9.53 Å². The minimum Gasteiger partial charge on any atom is -0.369 e. The Morgan fingerprint density at radius 1 is 1.05 bits per heavy atom. The van der Waals surface area contributed by atoms with Gasteiger partial charge in [-0.25, -0.2) is 0 Å². The average molecular weight is 290 g/mol. The van der Waals surface area contributed by atoms with Gasteiger partial charge in [0.05, 0.1) is 6.10 Å². The second kappa shape index (κ2) is 7.22. The number of amides is 2. The zero-order valence-electron chi connectivity index (χ0n) is 12.6. The summed E-state index contributed by atoms with van der Waals surface area (Å²) in [5.74, 6) is 0.0247. The summed E-state index contributed by atoms with van der Waals surface area (Å²) in [5, 5.41) is 0. The van der Waals surface area contributed by atoms with E-state index in [1.807, 2.05) is 44.2 Å². The van der Waals surface area contributed by atoms with Crippen molar-refractivity contribution in [2.45, 2.75) is 20.0 Å². The van der Waals surface area contributed by atoms with Crippen LogP contribution >= 0.6 is 0 Å². The number of piperazine rings is 1. The molecule has 1 aromatic carbocycles. The molecule has 0 bridgehead atoms. The predicted molar refractivity (Wildman–Crippen MR) is 80.0 cm³/mol. The standard InChI is InChI=1S/C16H22N2O3/c1-13(2)21-12-15(19)17-8-10-18(11-9-17)16(20)14-6-4-3-5-7-14/h3-7,13H,8-12H2,1-2H3. The van der Waals surface area contributed by atoms with Gasteiger partial charge in [-0.2, -0.15) is 0 Å². The molecule has 0 N–H and O–H groups in total. The van der Waals surface area contributed by atoms with Crippen LogP contribution in [0.5, 0.6) is 0 Å². The van der Waals surface area contributed by atoms with Gasteiger partial charge in [-0.05, 0) is 26.0 Å². The summed E-state index contributed by atoms with van der Waals surface area (Å²) in [6, 6.07) is 9.24. The minimum absolute atomic E-state index is 0.00416. The lowest BCUT2D eigenvalue weighted by molar-refractivity contribution is -0.139. The van der Waals surface area contributed by atoms with Crippen molar-refractivity contribution in [1.82, 2.24) is 9.80 Å². The van der Waals surface area contributed by atoms with Gasteiger partial charge in [0.15, 0.2) is 0 Å². The van der Waals surface area contributed by atoms with Crippen molar-refractivity contribution in [3.05, 3.63) is 35.9 Å². The minimum atomic E-state index is -0.00416. The number of ether oxygens (including phenoxy) is 1. The van der Waals surface area contributed by atoms with Gasteiger partial charge in [-0.3, -0.25) is 9.59 Å². The summed E-state index contributed by atoms with van der Waals surface area (Å²) in [4.78, 5) is 27.8. The number of benzene rings is 1. The highest BCUT2D eigenvalue weighted by Crippen LogP contribution is 2.09. The molecule has 1 fully saturated rings. The van der Waals surface area contributed by atoms with Crippen molar-refractivity contribution < 1.29 is 14.3 Å². The molecule has 0 unspecified atom stereocenters. The summed E-state index contributed by atoms with van der Waals surface area (Å²) in [7, 11) is 0. The molecular formula is C16H22N2O3. The van der Waals surface area contributed by atoms with Crippen molar-refractivity contribution >= 4 is 11.8 Å². The van der Waals surface area contributed by atoms with Crippen molar-refractivity contribution in [2.24, 2.45) is 0 Å². The van der Waals surface area contributed by atoms with Crippen LogP contribution in [0.1, 0.15) is 24.2 Å². The van der Waals surface area contributed by atoms with E-state index in [0.717, 1.165) is 0 Å². The number of rotatable bonds is 4. The summed E-state index contributed by atoms with van der Waals surface area (Å²) in [6.45, 7) is 6.21. The maximum absolute atomic E-state index is 12.3. The summed E-state index contributed by atoms with van der Waals surface area (Å²) >= 11 is 0. The Labute approximate surface area is 125 Å². The van der Waals surface area contributed by atoms with E-state index in [9.17, 15) is 9.59 Å². The Balaban J connectivity index is 1.83. The normalized spacial score (nSPS) is 15.4. The third-order valence-corrected chi connectivity index (χ3v) is 3.48. The number of hydrogen-bond acceptors (Lipinski definition) is 3. The van der Waals surface area contributed by atoms with Crippen LogP contribution in [0.4, 0.5) is 0 Å². The smallest absolute Gasteiger partial charge is 0.253 e. The van der Waals surface area contributed by atoms with Crippen LogP contribution in [-0.4, -0.2) is 60.5 Å². The molecule has 2 rings (SSSR count). The van der Waals surface area contributed by atoms with E-state index in [0.29, 0.717) is 31.7 Å². The summed E-state index contributed by atoms with van der Waals surface area (Å²) in [6.07, 6.45) is 0.0508. The first-order valence-electron chi connectivity index (χ1n) is 7.31. The first-order chi connectivity index (χ1) is 10.1. The van der Waals surface area contributed by atoms with E-state index in [4.69, 9.17) is 4.74 Å². The molecule has 0 aliphatic carbocycles. The quantitative estimate of drug-likeness (QED) is 0.842. The van der Waals surface area contributed by atoms with Crippen LogP contribution in [0.2, 0.25) is 0 Å². The lowest BCUT2D eigenvalue weighted by atomic mass is 10.2. The Hall–Kier alpha value is -1.88. The third-order valence-electron chi connectivity index (χ3n) is 3.48. The highest BCUT2D eigenvalue weighted by atomic mass is 16.5. The van der Waals surface area contributed by atoms with Gasteiger partial charge in [-0.15, -0.1) is 0 Å². The van der Waals surface area contributed by atoms with Gasteiger partial charge >= 0.3 is 0 Å². The third kappa shape index (κ3) is 4.29. The van der Waals surface area contributed by atoms with Gasteiger partial charge in [0, 0.05) is 31.7 Å². The summed E-state index contributed by atoms with van der Waals surface area (Å²) in [5.41, 5.74) is 0.695. The van der Waals surface area contributed by atoms with Crippen molar-refractivity contribution in [2.75, 3.05) is 32.8 Å². The van der Waals surface area contributed by atoms with Gasteiger partial charge in [0.2, 0.25) is 5.91 Å². The predicted octanol–water partition coefficient (Wildman–Crippen LogP) is 1.40. The highest BCUT2D eigenvalue weighted by molar-refractivity contribution is 5.94. The van der Waals surface area contributed by atoms with E-state index >= 15 is 0 Å². The molecule has 0 aromatic heterocycles. The molecule has 0 atom stereocenters. The Morgan fingerprint density at radius 2 is 1.62 bits per heavy atom. The van der Waals surface area contributed by atoms with Crippen LogP contribution < -0.4 is 0 Å². The van der Waals surface area contributed by atoms with Crippen molar-refractivity contribution in [3.8, 4) is 0 Å². The first kappa shape index (κ1) is 15.5. The van der Waals surface area contributed by atoms with E-state index in [1.165, 1.54) is 0 Å². The molecule has 5 nitrogen and oxygen atoms in total. The monoisotopic (exact) mass is 290 g/mol. The number of nitrogens with zero attached hydrogens (tertiary/aromatic N) is 2. The topological polar surface area (TPSA) is 49.9 Å². The Bertz CT molecular complexity index is 480. The molecule has 1 aliphatic rings. The van der Waals surface area contributed by atoms with Crippen LogP contribution in [0.15, 0.2) is 30.3 Å². The number of carbonyl (C=O) groups is 2. The fraction of sp³-hybridized carbons (Fsp3) is 0.500. The summed E-state index contributed by atoms with van der Waals surface area (Å²) < 4.78 is 5.33. The maximum atomic E-state index is 12.3. The molecule has 1 aromatic rings. The fourth-order valence-electron chi connectivity index (χ4n) is 2.25. The number of carbonyl (C=O) groups excluding carboxylic acids is 2. The second-order valence-corrected chi connectivity index (χ2v) is 5.40. The molecule has 1 heterocycles. The van der Waals surface area contributed by atoms with Gasteiger partial charge < -0.3 is 14.5 Å². The number of hydrogen-bond donors (Lipinski definition) is 0.